The van der Waals surface area contributed by atoms with Crippen molar-refractivity contribution in [1.29, 1.82) is 0 Å². The number of aliphatic hydroxyl groups is 1. The van der Waals surface area contributed by atoms with Crippen LogP contribution in [-0.4, -0.2) is 37.5 Å². The van der Waals surface area contributed by atoms with Crippen LogP contribution in [0.2, 0.25) is 0 Å². The van der Waals surface area contributed by atoms with E-state index in [0.717, 1.165) is 24.8 Å². The first-order valence-corrected chi connectivity index (χ1v) is 8.68. The van der Waals surface area contributed by atoms with Gasteiger partial charge in [0.05, 0.1) is 4.90 Å². The lowest BCUT2D eigenvalue weighted by molar-refractivity contribution is 0.299. The second-order valence-corrected chi connectivity index (χ2v) is 7.50. The molecule has 0 saturated carbocycles. The molecule has 0 radical (unpaired) electrons. The van der Waals surface area contributed by atoms with Crippen LogP contribution >= 0.6 is 0 Å². The fourth-order valence-corrected chi connectivity index (χ4v) is 4.08. The third-order valence-corrected chi connectivity index (χ3v) is 5.85. The molecule has 5 heteroatoms. The maximum absolute atomic E-state index is 12.6. The first-order chi connectivity index (χ1) is 9.54. The van der Waals surface area contributed by atoms with Crippen molar-refractivity contribution in [1.82, 2.24) is 4.31 Å². The van der Waals surface area contributed by atoms with Gasteiger partial charge in [-0.3, -0.25) is 0 Å². The lowest BCUT2D eigenvalue weighted by Gasteiger charge is -2.20. The van der Waals surface area contributed by atoms with E-state index in [1.165, 1.54) is 0 Å². The van der Waals surface area contributed by atoms with Crippen LogP contribution in [0.15, 0.2) is 29.2 Å². The van der Waals surface area contributed by atoms with Gasteiger partial charge in [0, 0.05) is 19.7 Å². The molecule has 1 aliphatic heterocycles. The molecule has 0 spiro atoms. The number of nitrogens with zero attached hydrogens (tertiary/aromatic N) is 1. The number of hydrogen-bond donors (Lipinski definition) is 1. The van der Waals surface area contributed by atoms with E-state index in [0.29, 0.717) is 30.3 Å². The van der Waals surface area contributed by atoms with Crippen LogP contribution in [0.1, 0.15) is 31.7 Å². The lowest BCUT2D eigenvalue weighted by atomic mass is 10.0. The second kappa shape index (κ2) is 6.70. The third-order valence-electron chi connectivity index (χ3n) is 3.94. The Labute approximate surface area is 121 Å². The van der Waals surface area contributed by atoms with Gasteiger partial charge >= 0.3 is 0 Å². The average Bonchev–Trinajstić information content (AvgIpc) is 2.65. The summed E-state index contributed by atoms with van der Waals surface area (Å²) in [6.07, 6.45) is 3.52. The Hall–Kier alpha value is -0.910. The minimum atomic E-state index is -3.37. The molecule has 1 saturated heterocycles. The summed E-state index contributed by atoms with van der Waals surface area (Å²) in [7, 11) is -3.37. The Bertz CT molecular complexity index is 525. The quantitative estimate of drug-likeness (QED) is 0.925. The molecule has 1 fully saturated rings. The second-order valence-electron chi connectivity index (χ2n) is 5.56. The molecule has 20 heavy (non-hydrogen) atoms. The van der Waals surface area contributed by atoms with Gasteiger partial charge in [-0.15, -0.1) is 0 Å². The zero-order valence-corrected chi connectivity index (χ0v) is 12.8. The van der Waals surface area contributed by atoms with Crippen molar-refractivity contribution in [2.45, 2.75) is 37.5 Å². The van der Waals surface area contributed by atoms with Crippen LogP contribution in [-0.2, 0) is 16.4 Å². The summed E-state index contributed by atoms with van der Waals surface area (Å²) in [5.41, 5.74) is 0.955. The molecule has 0 amide bonds. The predicted molar refractivity (Wildman–Crippen MR) is 79.0 cm³/mol. The molecule has 0 bridgehead atoms. The summed E-state index contributed by atoms with van der Waals surface area (Å²) in [5, 5.41) is 8.88. The Kier molecular flexibility index (Phi) is 5.18. The van der Waals surface area contributed by atoms with E-state index in [1.807, 2.05) is 0 Å². The van der Waals surface area contributed by atoms with Crippen molar-refractivity contribution < 1.29 is 13.5 Å². The summed E-state index contributed by atoms with van der Waals surface area (Å²) in [6.45, 7) is 3.49. The van der Waals surface area contributed by atoms with Crippen molar-refractivity contribution >= 4 is 10.0 Å². The van der Waals surface area contributed by atoms with Gasteiger partial charge in [0.15, 0.2) is 0 Å². The van der Waals surface area contributed by atoms with Crippen molar-refractivity contribution in [3.63, 3.8) is 0 Å². The summed E-state index contributed by atoms with van der Waals surface area (Å²) in [6, 6.07) is 6.86. The molecule has 1 N–H and O–H groups in total. The maximum Gasteiger partial charge on any atom is 0.243 e. The van der Waals surface area contributed by atoms with Gasteiger partial charge in [0.1, 0.15) is 0 Å². The smallest absolute Gasteiger partial charge is 0.243 e. The normalized spacial score (nSPS) is 21.6. The number of hydrogen-bond acceptors (Lipinski definition) is 3. The van der Waals surface area contributed by atoms with E-state index in [9.17, 15) is 8.42 Å². The topological polar surface area (TPSA) is 57.6 Å². The van der Waals surface area contributed by atoms with Gasteiger partial charge < -0.3 is 5.11 Å². The Balaban J connectivity index is 2.16. The van der Waals surface area contributed by atoms with Crippen LogP contribution in [0.25, 0.3) is 0 Å². The number of aliphatic hydroxyl groups excluding tert-OH is 1. The van der Waals surface area contributed by atoms with E-state index in [2.05, 4.69) is 6.92 Å². The van der Waals surface area contributed by atoms with Gasteiger partial charge in [-0.2, -0.15) is 4.31 Å². The molecule has 112 valence electrons. The predicted octanol–water partition coefficient (Wildman–Crippen LogP) is 2.03. The Morgan fingerprint density at radius 3 is 2.55 bits per heavy atom. The summed E-state index contributed by atoms with van der Waals surface area (Å²) >= 11 is 0. The van der Waals surface area contributed by atoms with Crippen LogP contribution in [0.5, 0.6) is 0 Å². The lowest BCUT2D eigenvalue weighted by Crippen LogP contribution is -2.32. The van der Waals surface area contributed by atoms with Crippen molar-refractivity contribution in [3.05, 3.63) is 29.8 Å². The molecule has 0 aliphatic carbocycles. The fourth-order valence-electron chi connectivity index (χ4n) is 2.58. The molecule has 2 rings (SSSR count). The van der Waals surface area contributed by atoms with Gasteiger partial charge in [-0.25, -0.2) is 8.42 Å². The Morgan fingerprint density at radius 2 is 1.90 bits per heavy atom. The average molecular weight is 297 g/mol. The SMILES string of the molecule is CC1CCCN(S(=O)(=O)c2ccc(CCO)cc2)CC1. The monoisotopic (exact) mass is 297 g/mol. The first-order valence-electron chi connectivity index (χ1n) is 7.24. The van der Waals surface area contributed by atoms with Crippen LogP contribution in [0.3, 0.4) is 0 Å². The van der Waals surface area contributed by atoms with E-state index in [-0.39, 0.29) is 6.61 Å². The summed E-state index contributed by atoms with van der Waals surface area (Å²) < 4.78 is 26.8. The molecule has 1 unspecified atom stereocenters. The molecule has 1 heterocycles. The van der Waals surface area contributed by atoms with Crippen molar-refractivity contribution in [3.8, 4) is 0 Å². The largest absolute Gasteiger partial charge is 0.396 e. The minimum absolute atomic E-state index is 0.0795. The Morgan fingerprint density at radius 1 is 1.20 bits per heavy atom. The highest BCUT2D eigenvalue weighted by molar-refractivity contribution is 7.89. The summed E-state index contributed by atoms with van der Waals surface area (Å²) in [5.74, 6) is 0.599. The standard InChI is InChI=1S/C15H23NO3S/c1-13-3-2-10-16(11-8-13)20(18,19)15-6-4-14(5-7-15)9-12-17/h4-7,13,17H,2-3,8-12H2,1H3. The van der Waals surface area contributed by atoms with Crippen LogP contribution in [0, 0.1) is 5.92 Å². The van der Waals surface area contributed by atoms with Gasteiger partial charge in [-0.1, -0.05) is 19.1 Å². The highest BCUT2D eigenvalue weighted by atomic mass is 32.2. The highest BCUT2D eigenvalue weighted by Crippen LogP contribution is 2.23. The van der Waals surface area contributed by atoms with E-state index in [4.69, 9.17) is 5.11 Å². The fraction of sp³-hybridized carbons (Fsp3) is 0.600. The highest BCUT2D eigenvalue weighted by Gasteiger charge is 2.26. The molecule has 1 aromatic carbocycles. The molecule has 1 aliphatic rings. The molecule has 0 aromatic heterocycles. The number of rotatable bonds is 4. The minimum Gasteiger partial charge on any atom is -0.396 e. The van der Waals surface area contributed by atoms with Crippen molar-refractivity contribution in [2.75, 3.05) is 19.7 Å². The molecular formula is C15H23NO3S. The number of sulfonamides is 1. The van der Waals surface area contributed by atoms with E-state index in [1.54, 1.807) is 28.6 Å². The maximum atomic E-state index is 12.6. The van der Waals surface area contributed by atoms with Crippen LogP contribution < -0.4 is 0 Å². The number of benzene rings is 1. The molecule has 1 atom stereocenters. The molecule has 4 nitrogen and oxygen atoms in total. The van der Waals surface area contributed by atoms with Crippen LogP contribution in [0.4, 0.5) is 0 Å². The zero-order valence-electron chi connectivity index (χ0n) is 12.0. The third kappa shape index (κ3) is 3.59. The van der Waals surface area contributed by atoms with E-state index >= 15 is 0 Å². The van der Waals surface area contributed by atoms with Gasteiger partial charge in [-0.05, 0) is 49.3 Å². The molecule has 1 aromatic rings. The van der Waals surface area contributed by atoms with E-state index < -0.39 is 10.0 Å². The zero-order chi connectivity index (χ0) is 14.6. The van der Waals surface area contributed by atoms with Gasteiger partial charge in [0.2, 0.25) is 10.0 Å². The summed E-state index contributed by atoms with van der Waals surface area (Å²) in [4.78, 5) is 0.355. The van der Waals surface area contributed by atoms with Gasteiger partial charge in [0.25, 0.3) is 0 Å². The first kappa shape index (κ1) is 15.5. The van der Waals surface area contributed by atoms with Crippen molar-refractivity contribution in [2.24, 2.45) is 5.92 Å². The molecular weight excluding hydrogens is 274 g/mol.